The van der Waals surface area contributed by atoms with Crippen LogP contribution in [0.15, 0.2) is 58.3 Å². The van der Waals surface area contributed by atoms with Crippen molar-refractivity contribution in [1.82, 2.24) is 0 Å². The minimum absolute atomic E-state index is 0.173. The molecule has 2 rings (SSSR count). The van der Waals surface area contributed by atoms with E-state index in [-0.39, 0.29) is 16.2 Å². The molecule has 0 aliphatic rings. The molecular formula is C17H14N2O8S. The van der Waals surface area contributed by atoms with Crippen molar-refractivity contribution in [2.24, 2.45) is 0 Å². The Bertz CT molecular complexity index is 890. The molecule has 0 aliphatic heterocycles. The van der Waals surface area contributed by atoms with Gasteiger partial charge >= 0.3 is 11.9 Å². The second-order valence-corrected chi connectivity index (χ2v) is 7.08. The fraction of sp³-hybridized carbons (Fsp3) is 0.118. The molecule has 0 amide bonds. The zero-order chi connectivity index (χ0) is 20.8. The van der Waals surface area contributed by atoms with E-state index in [1.165, 1.54) is 48.5 Å². The topological polar surface area (TPSA) is 139 Å². The molecule has 0 heterocycles. The summed E-state index contributed by atoms with van der Waals surface area (Å²) in [6.45, 7) is 0. The molecule has 0 fully saturated rings. The molecule has 0 unspecified atom stereocenters. The number of carbonyl (C=O) groups excluding carboxylic acids is 2. The number of rotatable bonds is 6. The average Bonchev–Trinajstić information content (AvgIpc) is 2.71. The predicted molar refractivity (Wildman–Crippen MR) is 99.4 cm³/mol. The largest absolute Gasteiger partial charge is 0.465 e. The summed E-state index contributed by atoms with van der Waals surface area (Å²) in [5, 5.41) is 21.8. The number of nitro benzene ring substituents is 2. The SMILES string of the molecule is COC(=O)C(C(=O)OC)=S(c1ccc([N+](=O)[O-])cc1)c1ccc([N+](=O)[O-])cc1. The first-order valence-corrected chi connectivity index (χ1v) is 8.79. The summed E-state index contributed by atoms with van der Waals surface area (Å²) in [6.07, 6.45) is 0. The van der Waals surface area contributed by atoms with Gasteiger partial charge < -0.3 is 9.47 Å². The molecule has 0 bridgehead atoms. The zero-order valence-electron chi connectivity index (χ0n) is 14.7. The lowest BCUT2D eigenvalue weighted by molar-refractivity contribution is -0.385. The summed E-state index contributed by atoms with van der Waals surface area (Å²) in [5.41, 5.74) is -0.345. The number of methoxy groups -OCH3 is 2. The van der Waals surface area contributed by atoms with Crippen LogP contribution in [0.25, 0.3) is 0 Å². The van der Waals surface area contributed by atoms with Crippen molar-refractivity contribution in [1.29, 1.82) is 0 Å². The van der Waals surface area contributed by atoms with Gasteiger partial charge in [0.05, 0.1) is 24.1 Å². The van der Waals surface area contributed by atoms with Crippen LogP contribution in [-0.2, 0) is 19.1 Å². The molecule has 0 radical (unpaired) electrons. The summed E-state index contributed by atoms with van der Waals surface area (Å²) in [4.78, 5) is 45.6. The Hall–Kier alpha value is -3.60. The van der Waals surface area contributed by atoms with Crippen molar-refractivity contribution in [3.63, 3.8) is 0 Å². The highest BCUT2D eigenvalue weighted by atomic mass is 32.2. The van der Waals surface area contributed by atoms with Crippen LogP contribution in [0.1, 0.15) is 0 Å². The van der Waals surface area contributed by atoms with E-state index in [4.69, 9.17) is 9.47 Å². The van der Waals surface area contributed by atoms with Gasteiger partial charge in [-0.25, -0.2) is 9.59 Å². The van der Waals surface area contributed by atoms with Crippen molar-refractivity contribution < 1.29 is 28.9 Å². The van der Waals surface area contributed by atoms with Crippen LogP contribution in [0.3, 0.4) is 0 Å². The Morgan fingerprint density at radius 3 is 1.32 bits per heavy atom. The Labute approximate surface area is 160 Å². The van der Waals surface area contributed by atoms with Gasteiger partial charge in [-0.15, -0.1) is 10.5 Å². The molecule has 0 spiro atoms. The molecule has 2 aromatic rings. The molecule has 10 nitrogen and oxygen atoms in total. The van der Waals surface area contributed by atoms with E-state index in [1.54, 1.807) is 0 Å². The zero-order valence-corrected chi connectivity index (χ0v) is 15.5. The summed E-state index contributed by atoms with van der Waals surface area (Å²) in [6, 6.07) is 10.5. The van der Waals surface area contributed by atoms with Crippen molar-refractivity contribution in [3.8, 4) is 0 Å². The molecule has 146 valence electrons. The summed E-state index contributed by atoms with van der Waals surface area (Å²) >= 11 is 0. The van der Waals surface area contributed by atoms with E-state index in [0.717, 1.165) is 14.2 Å². The normalized spacial score (nSPS) is 10.2. The fourth-order valence-corrected chi connectivity index (χ4v) is 4.28. The Kier molecular flexibility index (Phi) is 6.55. The maximum atomic E-state index is 12.3. The van der Waals surface area contributed by atoms with Gasteiger partial charge in [0, 0.05) is 34.1 Å². The second kappa shape index (κ2) is 8.86. The molecule has 2 aromatic carbocycles. The molecule has 0 saturated carbocycles. The molecule has 0 N–H and O–H groups in total. The van der Waals surface area contributed by atoms with E-state index in [9.17, 15) is 29.8 Å². The van der Waals surface area contributed by atoms with Gasteiger partial charge in [-0.3, -0.25) is 20.2 Å². The van der Waals surface area contributed by atoms with Crippen molar-refractivity contribution in [2.45, 2.75) is 9.79 Å². The summed E-state index contributed by atoms with van der Waals surface area (Å²) in [7, 11) is 0.822. The van der Waals surface area contributed by atoms with E-state index in [0.29, 0.717) is 9.79 Å². The van der Waals surface area contributed by atoms with Crippen molar-refractivity contribution in [3.05, 3.63) is 68.8 Å². The van der Waals surface area contributed by atoms with Gasteiger partial charge in [0.2, 0.25) is 0 Å². The number of ether oxygens (including phenoxy) is 2. The van der Waals surface area contributed by atoms with Crippen LogP contribution >= 0.6 is 10.5 Å². The maximum Gasteiger partial charge on any atom is 0.351 e. The number of carbonyl (C=O) groups is 2. The van der Waals surface area contributed by atoms with Crippen molar-refractivity contribution >= 4 is 38.7 Å². The number of hydrogen-bond acceptors (Lipinski definition) is 8. The Morgan fingerprint density at radius 1 is 0.750 bits per heavy atom. The van der Waals surface area contributed by atoms with Gasteiger partial charge in [0.1, 0.15) is 0 Å². The van der Waals surface area contributed by atoms with E-state index >= 15 is 0 Å². The first-order chi connectivity index (χ1) is 13.3. The Morgan fingerprint density at radius 2 is 1.07 bits per heavy atom. The van der Waals surface area contributed by atoms with Crippen LogP contribution in [0, 0.1) is 20.2 Å². The minimum atomic E-state index is -1.37. The molecular weight excluding hydrogens is 392 g/mol. The van der Waals surface area contributed by atoms with Crippen LogP contribution in [-0.4, -0.2) is 40.9 Å². The Balaban J connectivity index is 2.77. The average molecular weight is 406 g/mol. The third kappa shape index (κ3) is 4.38. The highest BCUT2D eigenvalue weighted by molar-refractivity contribution is 8.18. The number of benzene rings is 2. The number of hydrogen-bond donors (Lipinski definition) is 0. The fourth-order valence-electron chi connectivity index (χ4n) is 2.22. The smallest absolute Gasteiger partial charge is 0.351 e. The number of esters is 2. The quantitative estimate of drug-likeness (QED) is 0.235. The highest BCUT2D eigenvalue weighted by Crippen LogP contribution is 2.39. The number of nitrogens with zero attached hydrogens (tertiary/aromatic N) is 2. The van der Waals surface area contributed by atoms with Gasteiger partial charge in [-0.1, -0.05) is 0 Å². The van der Waals surface area contributed by atoms with E-state index in [2.05, 4.69) is 0 Å². The number of non-ortho nitro benzene ring substituents is 2. The van der Waals surface area contributed by atoms with Crippen molar-refractivity contribution in [2.75, 3.05) is 14.2 Å². The van der Waals surface area contributed by atoms with Gasteiger partial charge in [0.15, 0.2) is 4.86 Å². The standard InChI is InChI=1S/C17H14N2O8S/c1-26-16(20)15(17(21)27-2)28(13-7-3-11(4-8-13)18(22)23)14-9-5-12(6-10-14)19(24)25/h3-10H,1-2H3. The monoisotopic (exact) mass is 406 g/mol. The third-order valence-corrected chi connectivity index (χ3v) is 5.74. The second-order valence-electron chi connectivity index (χ2n) is 5.12. The summed E-state index contributed by atoms with van der Waals surface area (Å²) < 4.78 is 9.39. The molecule has 0 saturated heterocycles. The lowest BCUT2D eigenvalue weighted by Crippen LogP contribution is -2.27. The first-order valence-electron chi connectivity index (χ1n) is 7.57. The predicted octanol–water partition coefficient (Wildman–Crippen LogP) is 2.71. The lowest BCUT2D eigenvalue weighted by atomic mass is 10.3. The molecule has 0 aliphatic carbocycles. The van der Waals surface area contributed by atoms with Crippen LogP contribution < -0.4 is 0 Å². The third-order valence-electron chi connectivity index (χ3n) is 3.51. The molecule has 11 heteroatoms. The minimum Gasteiger partial charge on any atom is -0.465 e. The highest BCUT2D eigenvalue weighted by Gasteiger charge is 2.27. The first kappa shape index (κ1) is 20.7. The lowest BCUT2D eigenvalue weighted by Gasteiger charge is -2.15. The molecule has 0 atom stereocenters. The molecule has 28 heavy (non-hydrogen) atoms. The van der Waals surface area contributed by atoms with E-state index < -0.39 is 32.3 Å². The van der Waals surface area contributed by atoms with Crippen LogP contribution in [0.2, 0.25) is 0 Å². The number of nitro groups is 2. The van der Waals surface area contributed by atoms with Gasteiger partial charge in [-0.2, -0.15) is 0 Å². The van der Waals surface area contributed by atoms with E-state index in [1.807, 2.05) is 0 Å². The van der Waals surface area contributed by atoms with Crippen LogP contribution in [0.4, 0.5) is 11.4 Å². The molecule has 0 aromatic heterocycles. The van der Waals surface area contributed by atoms with Gasteiger partial charge in [0.25, 0.3) is 11.4 Å². The van der Waals surface area contributed by atoms with Gasteiger partial charge in [-0.05, 0) is 24.3 Å². The maximum absolute atomic E-state index is 12.3. The summed E-state index contributed by atoms with van der Waals surface area (Å²) in [5.74, 6) is -1.88. The van der Waals surface area contributed by atoms with Crippen LogP contribution in [0.5, 0.6) is 0 Å².